The van der Waals surface area contributed by atoms with Crippen molar-refractivity contribution < 1.29 is 23.9 Å². The Hall–Kier alpha value is -2.65. The Morgan fingerprint density at radius 2 is 1.78 bits per heavy atom. The van der Waals surface area contributed by atoms with Gasteiger partial charge in [0.05, 0.1) is 23.3 Å². The Labute approximate surface area is 220 Å². The number of hydrogen-bond acceptors (Lipinski definition) is 5. The first-order valence-electron chi connectivity index (χ1n) is 11.8. The molecular weight excluding hydrogens is 505 g/mol. The van der Waals surface area contributed by atoms with Crippen LogP contribution >= 0.6 is 23.2 Å². The number of carbonyl (C=O) groups is 3. The Morgan fingerprint density at radius 3 is 2.44 bits per heavy atom. The van der Waals surface area contributed by atoms with Gasteiger partial charge in [-0.25, -0.2) is 0 Å². The van der Waals surface area contributed by atoms with E-state index in [1.807, 2.05) is 19.1 Å². The van der Waals surface area contributed by atoms with E-state index in [4.69, 9.17) is 32.7 Å². The van der Waals surface area contributed by atoms with E-state index in [0.29, 0.717) is 60.3 Å². The van der Waals surface area contributed by atoms with Crippen molar-refractivity contribution in [3.8, 4) is 0 Å². The Morgan fingerprint density at radius 1 is 1.06 bits per heavy atom. The first kappa shape index (κ1) is 26.4. The van der Waals surface area contributed by atoms with E-state index in [9.17, 15) is 14.4 Å². The quantitative estimate of drug-likeness (QED) is 0.573. The van der Waals surface area contributed by atoms with Gasteiger partial charge in [0.15, 0.2) is 0 Å². The van der Waals surface area contributed by atoms with E-state index in [0.717, 1.165) is 5.56 Å². The number of piperidine rings is 1. The van der Waals surface area contributed by atoms with Crippen molar-refractivity contribution in [2.24, 2.45) is 0 Å². The molecule has 1 atom stereocenters. The topological polar surface area (TPSA) is 88.2 Å². The molecule has 2 aromatic rings. The average Bonchev–Trinajstić information content (AvgIpc) is 3.24. The minimum atomic E-state index is -0.988. The van der Waals surface area contributed by atoms with Crippen molar-refractivity contribution in [3.63, 3.8) is 0 Å². The van der Waals surface area contributed by atoms with Gasteiger partial charge in [0.2, 0.25) is 5.91 Å². The van der Waals surface area contributed by atoms with Crippen molar-refractivity contribution >= 4 is 40.9 Å². The first-order chi connectivity index (χ1) is 17.3. The van der Waals surface area contributed by atoms with Crippen LogP contribution in [-0.4, -0.2) is 79.2 Å². The van der Waals surface area contributed by atoms with Crippen molar-refractivity contribution in [2.45, 2.75) is 31.5 Å². The van der Waals surface area contributed by atoms with Gasteiger partial charge in [-0.2, -0.15) is 0 Å². The number of likely N-dealkylation sites (tertiary alicyclic amines) is 1. The second-order valence-electron chi connectivity index (χ2n) is 9.02. The number of carbonyl (C=O) groups excluding carboxylic acids is 3. The third-order valence-corrected chi connectivity index (χ3v) is 7.39. The summed E-state index contributed by atoms with van der Waals surface area (Å²) in [4.78, 5) is 43.2. The molecule has 10 heteroatoms. The van der Waals surface area contributed by atoms with Crippen LogP contribution in [0.4, 0.5) is 0 Å². The fourth-order valence-electron chi connectivity index (χ4n) is 4.75. The van der Waals surface area contributed by atoms with Crippen LogP contribution in [0.2, 0.25) is 10.0 Å². The summed E-state index contributed by atoms with van der Waals surface area (Å²) >= 11 is 12.1. The predicted octanol–water partition coefficient (Wildman–Crippen LogP) is 3.54. The van der Waals surface area contributed by atoms with E-state index in [1.54, 1.807) is 47.2 Å². The van der Waals surface area contributed by atoms with Gasteiger partial charge in [-0.05, 0) is 37.3 Å². The largest absolute Gasteiger partial charge is 0.383 e. The molecule has 8 nitrogen and oxygen atoms in total. The summed E-state index contributed by atoms with van der Waals surface area (Å²) in [5, 5.41) is 3.52. The van der Waals surface area contributed by atoms with Crippen LogP contribution in [0.15, 0.2) is 42.5 Å². The fourth-order valence-corrected chi connectivity index (χ4v) is 5.05. The van der Waals surface area contributed by atoms with Crippen molar-refractivity contribution in [1.29, 1.82) is 0 Å². The van der Waals surface area contributed by atoms with E-state index >= 15 is 0 Å². The van der Waals surface area contributed by atoms with Gasteiger partial charge in [-0.1, -0.05) is 40.9 Å². The van der Waals surface area contributed by atoms with E-state index in [2.05, 4.69) is 5.32 Å². The predicted molar refractivity (Wildman–Crippen MR) is 136 cm³/mol. The smallest absolute Gasteiger partial charge is 0.256 e. The average molecular weight is 534 g/mol. The summed E-state index contributed by atoms with van der Waals surface area (Å²) in [6, 6.07) is 11.3. The van der Waals surface area contributed by atoms with E-state index < -0.39 is 11.8 Å². The summed E-state index contributed by atoms with van der Waals surface area (Å²) < 4.78 is 11.2. The van der Waals surface area contributed by atoms with Gasteiger partial charge in [0.25, 0.3) is 11.8 Å². The molecule has 2 saturated heterocycles. The Bertz CT molecular complexity index is 1150. The number of hydrogen-bond donors (Lipinski definition) is 1. The second-order valence-corrected chi connectivity index (χ2v) is 9.84. The molecule has 0 unspecified atom stereocenters. The number of methoxy groups -OCH3 is 1. The summed E-state index contributed by atoms with van der Waals surface area (Å²) in [5.41, 5.74) is 0.885. The summed E-state index contributed by atoms with van der Waals surface area (Å²) in [5.74, 6) is -0.738. The number of aryl methyl sites for hydroxylation is 1. The number of amides is 3. The SMILES string of the molecule is COCCNC(=O)[C@H]1COC2(CCN(C(=O)c3ccc(Cl)c(Cl)c3)CC2)N1C(=O)c1cccc(C)c1. The molecule has 2 aliphatic rings. The van der Waals surface area contributed by atoms with Crippen LogP contribution in [0, 0.1) is 6.92 Å². The maximum absolute atomic E-state index is 13.8. The van der Waals surface area contributed by atoms with Crippen LogP contribution < -0.4 is 5.32 Å². The summed E-state index contributed by atoms with van der Waals surface area (Å²) in [7, 11) is 1.56. The molecule has 2 heterocycles. The Kier molecular flexibility index (Phi) is 8.20. The molecule has 1 spiro atoms. The molecule has 1 N–H and O–H groups in total. The lowest BCUT2D eigenvalue weighted by atomic mass is 9.96. The number of ether oxygens (including phenoxy) is 2. The highest BCUT2D eigenvalue weighted by Crippen LogP contribution is 2.39. The number of rotatable bonds is 6. The van der Waals surface area contributed by atoms with Crippen LogP contribution in [0.1, 0.15) is 39.1 Å². The van der Waals surface area contributed by atoms with Gasteiger partial charge >= 0.3 is 0 Å². The van der Waals surface area contributed by atoms with Gasteiger partial charge < -0.3 is 19.7 Å². The maximum Gasteiger partial charge on any atom is 0.256 e. The van der Waals surface area contributed by atoms with Crippen molar-refractivity contribution in [2.75, 3.05) is 40.0 Å². The number of benzene rings is 2. The molecule has 0 saturated carbocycles. The molecule has 0 aliphatic carbocycles. The maximum atomic E-state index is 13.8. The van der Waals surface area contributed by atoms with Gasteiger partial charge in [0, 0.05) is 50.7 Å². The third kappa shape index (κ3) is 5.37. The summed E-state index contributed by atoms with van der Waals surface area (Å²) in [6.45, 7) is 3.40. The van der Waals surface area contributed by atoms with Crippen LogP contribution in [0.5, 0.6) is 0 Å². The van der Waals surface area contributed by atoms with Gasteiger partial charge in [-0.15, -0.1) is 0 Å². The highest BCUT2D eigenvalue weighted by atomic mass is 35.5. The van der Waals surface area contributed by atoms with E-state index in [1.165, 1.54) is 0 Å². The van der Waals surface area contributed by atoms with Gasteiger partial charge in [-0.3, -0.25) is 19.3 Å². The zero-order valence-corrected chi connectivity index (χ0v) is 21.8. The molecule has 4 rings (SSSR count). The Balaban J connectivity index is 1.56. The van der Waals surface area contributed by atoms with E-state index in [-0.39, 0.29) is 24.3 Å². The minimum absolute atomic E-state index is 0.0805. The summed E-state index contributed by atoms with van der Waals surface area (Å²) in [6.07, 6.45) is 0.749. The molecule has 192 valence electrons. The normalized spacial score (nSPS) is 18.9. The zero-order chi connectivity index (χ0) is 25.9. The highest BCUT2D eigenvalue weighted by molar-refractivity contribution is 6.42. The minimum Gasteiger partial charge on any atom is -0.383 e. The third-order valence-electron chi connectivity index (χ3n) is 6.65. The lowest BCUT2D eigenvalue weighted by Gasteiger charge is -2.44. The van der Waals surface area contributed by atoms with Gasteiger partial charge in [0.1, 0.15) is 11.8 Å². The molecule has 2 aliphatic heterocycles. The van der Waals surface area contributed by atoms with Crippen molar-refractivity contribution in [3.05, 3.63) is 69.2 Å². The molecule has 36 heavy (non-hydrogen) atoms. The lowest BCUT2D eigenvalue weighted by molar-refractivity contribution is -0.128. The zero-order valence-electron chi connectivity index (χ0n) is 20.3. The molecule has 0 bridgehead atoms. The molecule has 2 aromatic carbocycles. The fraction of sp³-hybridized carbons (Fsp3) is 0.423. The number of nitrogens with one attached hydrogen (secondary N) is 1. The second kappa shape index (κ2) is 11.2. The van der Waals surface area contributed by atoms with Crippen LogP contribution in [0.3, 0.4) is 0 Å². The number of halogens is 2. The number of nitrogens with zero attached hydrogens (tertiary/aromatic N) is 2. The standard InChI is InChI=1S/C26H29Cl2N3O5/c1-17-4-3-5-18(14-17)25(34)31-22(23(32)29-10-13-35-2)16-36-26(31)8-11-30(12-9-26)24(33)19-6-7-20(27)21(28)15-19/h3-7,14-15,22H,8-13,16H2,1-2H3,(H,29,32)/t22-/m1/s1. The molecule has 0 aromatic heterocycles. The monoisotopic (exact) mass is 533 g/mol. The lowest BCUT2D eigenvalue weighted by Crippen LogP contribution is -2.60. The molecule has 0 radical (unpaired) electrons. The first-order valence-corrected chi connectivity index (χ1v) is 12.6. The molecule has 2 fully saturated rings. The van der Waals surface area contributed by atoms with Crippen molar-refractivity contribution in [1.82, 2.24) is 15.1 Å². The van der Waals surface area contributed by atoms with Crippen LogP contribution in [0.25, 0.3) is 0 Å². The molecule has 3 amide bonds. The van der Waals surface area contributed by atoms with Crippen LogP contribution in [-0.2, 0) is 14.3 Å². The molecular formula is C26H29Cl2N3O5. The highest BCUT2D eigenvalue weighted by Gasteiger charge is 2.54.